The first-order valence-corrected chi connectivity index (χ1v) is 11.0. The Kier molecular flexibility index (Phi) is 4.83. The summed E-state index contributed by atoms with van der Waals surface area (Å²) in [5.41, 5.74) is 1.01. The van der Waals surface area contributed by atoms with Gasteiger partial charge in [0.1, 0.15) is 5.01 Å². The lowest BCUT2D eigenvalue weighted by molar-refractivity contribution is -0.137. The van der Waals surface area contributed by atoms with Gasteiger partial charge in [0.15, 0.2) is 5.76 Å². The molecule has 3 aromatic rings. The second-order valence-electron chi connectivity index (χ2n) is 7.75. The minimum Gasteiger partial charge on any atom is -0.459 e. The van der Waals surface area contributed by atoms with Crippen LogP contribution in [-0.4, -0.2) is 46.2 Å². The van der Waals surface area contributed by atoms with Crippen molar-refractivity contribution in [1.82, 2.24) is 14.8 Å². The van der Waals surface area contributed by atoms with Crippen LogP contribution in [0.2, 0.25) is 0 Å². The van der Waals surface area contributed by atoms with Crippen LogP contribution in [0.15, 0.2) is 47.1 Å². The fraction of sp³-hybridized carbons (Fsp3) is 0.409. The van der Waals surface area contributed by atoms with E-state index in [9.17, 15) is 9.59 Å². The molecule has 0 saturated carbocycles. The van der Waals surface area contributed by atoms with Crippen molar-refractivity contribution in [2.75, 3.05) is 19.6 Å². The van der Waals surface area contributed by atoms with Crippen molar-refractivity contribution in [3.8, 4) is 0 Å². The van der Waals surface area contributed by atoms with Gasteiger partial charge in [-0.25, -0.2) is 4.98 Å². The Morgan fingerprint density at radius 3 is 2.62 bits per heavy atom. The molecule has 150 valence electrons. The van der Waals surface area contributed by atoms with Crippen molar-refractivity contribution < 1.29 is 14.0 Å². The number of likely N-dealkylation sites (tertiary alicyclic amines) is 2. The molecule has 4 heterocycles. The van der Waals surface area contributed by atoms with E-state index < -0.39 is 0 Å². The highest BCUT2D eigenvalue weighted by molar-refractivity contribution is 7.18. The summed E-state index contributed by atoms with van der Waals surface area (Å²) in [6, 6.07) is 11.6. The van der Waals surface area contributed by atoms with E-state index in [-0.39, 0.29) is 23.8 Å². The van der Waals surface area contributed by atoms with Gasteiger partial charge in [-0.2, -0.15) is 0 Å². The van der Waals surface area contributed by atoms with Gasteiger partial charge in [-0.05, 0) is 49.9 Å². The summed E-state index contributed by atoms with van der Waals surface area (Å²) in [6.45, 7) is 1.98. The van der Waals surface area contributed by atoms with Gasteiger partial charge in [0.05, 0.1) is 22.5 Å². The molecule has 2 amide bonds. The van der Waals surface area contributed by atoms with Crippen molar-refractivity contribution >= 4 is 33.4 Å². The van der Waals surface area contributed by atoms with E-state index in [1.807, 2.05) is 23.1 Å². The lowest BCUT2D eigenvalue weighted by atomic mass is 9.94. The lowest BCUT2D eigenvalue weighted by Crippen LogP contribution is -2.44. The van der Waals surface area contributed by atoms with Gasteiger partial charge in [0.25, 0.3) is 5.91 Å². The number of amides is 2. The molecular formula is C22H23N3O3S. The van der Waals surface area contributed by atoms with Crippen LogP contribution in [0.1, 0.15) is 47.3 Å². The van der Waals surface area contributed by atoms with Gasteiger partial charge >= 0.3 is 0 Å². The number of hydrogen-bond donors (Lipinski definition) is 0. The van der Waals surface area contributed by atoms with Crippen LogP contribution in [0, 0.1) is 5.92 Å². The second-order valence-corrected chi connectivity index (χ2v) is 8.82. The van der Waals surface area contributed by atoms with Gasteiger partial charge in [-0.1, -0.05) is 12.1 Å². The van der Waals surface area contributed by atoms with Crippen LogP contribution in [0.3, 0.4) is 0 Å². The molecule has 0 N–H and O–H groups in total. The topological polar surface area (TPSA) is 66.7 Å². The molecule has 2 aromatic heterocycles. The average molecular weight is 410 g/mol. The maximum atomic E-state index is 13.3. The van der Waals surface area contributed by atoms with E-state index >= 15 is 0 Å². The lowest BCUT2D eigenvalue weighted by Gasteiger charge is -2.34. The fourth-order valence-electron chi connectivity index (χ4n) is 4.44. The summed E-state index contributed by atoms with van der Waals surface area (Å²) in [5.74, 6) is 0.474. The normalized spacial score (nSPS) is 20.5. The summed E-state index contributed by atoms with van der Waals surface area (Å²) in [4.78, 5) is 34.4. The number of aromatic nitrogens is 1. The fourth-order valence-corrected chi connectivity index (χ4v) is 5.56. The highest BCUT2D eigenvalue weighted by atomic mass is 32.1. The summed E-state index contributed by atoms with van der Waals surface area (Å²) in [5, 5.41) is 1.04. The molecule has 6 nitrogen and oxygen atoms in total. The molecule has 29 heavy (non-hydrogen) atoms. The highest BCUT2D eigenvalue weighted by Crippen LogP contribution is 2.38. The van der Waals surface area contributed by atoms with Crippen LogP contribution in [0.4, 0.5) is 0 Å². The van der Waals surface area contributed by atoms with Gasteiger partial charge in [0, 0.05) is 25.6 Å². The first-order valence-electron chi connectivity index (χ1n) is 10.2. The van der Waals surface area contributed by atoms with Crippen molar-refractivity contribution in [1.29, 1.82) is 0 Å². The summed E-state index contributed by atoms with van der Waals surface area (Å²) >= 11 is 1.70. The number of carbonyl (C=O) groups is 2. The maximum Gasteiger partial charge on any atom is 0.289 e. The number of furan rings is 1. The Balaban J connectivity index is 1.26. The minimum atomic E-state index is -0.0885. The molecule has 0 radical (unpaired) electrons. The van der Waals surface area contributed by atoms with Crippen LogP contribution < -0.4 is 0 Å². The van der Waals surface area contributed by atoms with Crippen molar-refractivity contribution in [2.45, 2.75) is 31.7 Å². The quantitative estimate of drug-likeness (QED) is 0.653. The third-order valence-corrected chi connectivity index (χ3v) is 7.13. The zero-order valence-electron chi connectivity index (χ0n) is 16.1. The number of rotatable bonds is 3. The van der Waals surface area contributed by atoms with E-state index in [1.165, 1.54) is 11.0 Å². The van der Waals surface area contributed by atoms with Crippen molar-refractivity contribution in [3.63, 3.8) is 0 Å². The number of para-hydroxylation sites is 1. The van der Waals surface area contributed by atoms with Crippen LogP contribution in [-0.2, 0) is 4.79 Å². The van der Waals surface area contributed by atoms with E-state index in [1.54, 1.807) is 28.4 Å². The largest absolute Gasteiger partial charge is 0.459 e. The summed E-state index contributed by atoms with van der Waals surface area (Å²) in [6.07, 6.45) is 4.91. The van der Waals surface area contributed by atoms with Crippen LogP contribution in [0.25, 0.3) is 10.2 Å². The molecule has 0 unspecified atom stereocenters. The monoisotopic (exact) mass is 409 g/mol. The Labute approximate surface area is 173 Å². The molecule has 7 heteroatoms. The molecule has 1 atom stereocenters. The van der Waals surface area contributed by atoms with Gasteiger partial charge < -0.3 is 14.2 Å². The Morgan fingerprint density at radius 1 is 1.03 bits per heavy atom. The van der Waals surface area contributed by atoms with E-state index in [0.717, 1.165) is 29.9 Å². The number of piperidine rings is 1. The molecule has 0 bridgehead atoms. The number of fused-ring (bicyclic) bond motifs is 1. The zero-order chi connectivity index (χ0) is 19.8. The summed E-state index contributed by atoms with van der Waals surface area (Å²) < 4.78 is 6.39. The molecule has 2 aliphatic heterocycles. The maximum absolute atomic E-state index is 13.3. The molecule has 0 spiro atoms. The van der Waals surface area contributed by atoms with E-state index in [4.69, 9.17) is 9.40 Å². The van der Waals surface area contributed by atoms with E-state index in [0.29, 0.717) is 31.7 Å². The van der Waals surface area contributed by atoms with Crippen LogP contribution in [0.5, 0.6) is 0 Å². The Morgan fingerprint density at radius 2 is 1.86 bits per heavy atom. The molecule has 5 rings (SSSR count). The number of carbonyl (C=O) groups excluding carboxylic acids is 2. The summed E-state index contributed by atoms with van der Waals surface area (Å²) in [7, 11) is 0. The van der Waals surface area contributed by atoms with Crippen molar-refractivity contribution in [3.05, 3.63) is 53.4 Å². The van der Waals surface area contributed by atoms with Gasteiger partial charge in [0.2, 0.25) is 5.91 Å². The standard InChI is InChI=1S/C22H23N3O3S/c26-21(15-9-12-24(13-10-15)22(27)18-7-4-14-28-18)25-11-3-6-17(25)20-23-16-5-1-2-8-19(16)29-20/h1-2,4-5,7-8,14-15,17H,3,6,9-13H2/t17-/m0/s1. The molecule has 1 aromatic carbocycles. The highest BCUT2D eigenvalue weighted by Gasteiger charge is 2.37. The Bertz CT molecular complexity index is 988. The molecule has 0 aliphatic carbocycles. The van der Waals surface area contributed by atoms with Crippen LogP contribution >= 0.6 is 11.3 Å². The number of hydrogen-bond acceptors (Lipinski definition) is 5. The predicted molar refractivity (Wildman–Crippen MR) is 111 cm³/mol. The smallest absolute Gasteiger partial charge is 0.289 e. The average Bonchev–Trinajstić information content (AvgIpc) is 3.52. The number of benzene rings is 1. The predicted octanol–water partition coefficient (Wildman–Crippen LogP) is 4.11. The van der Waals surface area contributed by atoms with Gasteiger partial charge in [-0.15, -0.1) is 11.3 Å². The number of nitrogens with zero attached hydrogens (tertiary/aromatic N) is 3. The SMILES string of the molecule is O=C(c1ccco1)N1CCC(C(=O)N2CCC[C@H]2c2nc3ccccc3s2)CC1. The second kappa shape index (κ2) is 7.63. The molecular weight excluding hydrogens is 386 g/mol. The van der Waals surface area contributed by atoms with Gasteiger partial charge in [-0.3, -0.25) is 9.59 Å². The first kappa shape index (κ1) is 18.4. The first-order chi connectivity index (χ1) is 14.2. The Hall–Kier alpha value is -2.67. The molecule has 2 fully saturated rings. The third kappa shape index (κ3) is 3.44. The molecule has 2 saturated heterocycles. The van der Waals surface area contributed by atoms with Crippen molar-refractivity contribution in [2.24, 2.45) is 5.92 Å². The number of thiazole rings is 1. The minimum absolute atomic E-state index is 0.0226. The zero-order valence-corrected chi connectivity index (χ0v) is 16.9. The van der Waals surface area contributed by atoms with E-state index in [2.05, 4.69) is 6.07 Å². The molecule has 2 aliphatic rings. The third-order valence-electron chi connectivity index (χ3n) is 5.99.